The third-order valence-electron chi connectivity index (χ3n) is 6.25. The van der Waals surface area contributed by atoms with E-state index in [4.69, 9.17) is 9.79 Å². The van der Waals surface area contributed by atoms with E-state index in [1.165, 1.54) is 0 Å². The van der Waals surface area contributed by atoms with Gasteiger partial charge in [0.15, 0.2) is 0 Å². The first-order valence-electron chi connectivity index (χ1n) is 12.4. The first-order valence-corrected chi connectivity index (χ1v) is 12.4. The minimum atomic E-state index is -2.84. The maximum absolute atomic E-state index is 14.0. The Morgan fingerprint density at radius 1 is 1.16 bits per heavy atom. The number of hydrogen-bond acceptors (Lipinski definition) is 5. The van der Waals surface area contributed by atoms with E-state index in [0.29, 0.717) is 13.0 Å². The fraction of sp³-hybridized carbons (Fsp3) is 0.393. The summed E-state index contributed by atoms with van der Waals surface area (Å²) in [5.41, 5.74) is 8.78. The van der Waals surface area contributed by atoms with E-state index >= 15 is 0 Å². The molecule has 1 atom stereocenters. The van der Waals surface area contributed by atoms with Gasteiger partial charge in [0, 0.05) is 67.0 Å². The molecule has 0 radical (unpaired) electrons. The predicted octanol–water partition coefficient (Wildman–Crippen LogP) is 4.37. The molecule has 0 saturated carbocycles. The molecular weight excluding hydrogens is 490 g/mol. The van der Waals surface area contributed by atoms with Crippen molar-refractivity contribution in [2.45, 2.75) is 51.9 Å². The second-order valence-corrected chi connectivity index (χ2v) is 10.2. The molecule has 0 saturated heterocycles. The Balaban J connectivity index is 0.00000127. The number of allylic oxidation sites excluding steroid dienone is 1. The molecular formula is C28H34F2N6O2. The number of dihydropyridines is 1. The van der Waals surface area contributed by atoms with Crippen molar-refractivity contribution in [3.63, 3.8) is 0 Å². The average molecular weight is 525 g/mol. The monoisotopic (exact) mass is 524 g/mol. The fourth-order valence-corrected chi connectivity index (χ4v) is 4.18. The van der Waals surface area contributed by atoms with E-state index in [-0.39, 0.29) is 43.6 Å². The number of pyridine rings is 2. The lowest BCUT2D eigenvalue weighted by Crippen LogP contribution is -2.24. The summed E-state index contributed by atoms with van der Waals surface area (Å²) in [6, 6.07) is 5.94. The summed E-state index contributed by atoms with van der Waals surface area (Å²) in [5, 5.41) is 3.17. The maximum Gasteiger partial charge on any atom is 0.250 e. The van der Waals surface area contributed by atoms with Crippen LogP contribution in [0.15, 0.2) is 60.1 Å². The third-order valence-corrected chi connectivity index (χ3v) is 6.25. The van der Waals surface area contributed by atoms with Crippen LogP contribution in [0, 0.1) is 5.41 Å². The number of carbonyl (C=O) groups excluding carboxylic acids is 2. The number of rotatable bonds is 9. The van der Waals surface area contributed by atoms with Crippen LogP contribution in [-0.2, 0) is 16.0 Å². The van der Waals surface area contributed by atoms with Gasteiger partial charge < -0.3 is 11.1 Å². The van der Waals surface area contributed by atoms with Crippen molar-refractivity contribution in [2.24, 2.45) is 16.1 Å². The molecule has 4 rings (SSSR count). The van der Waals surface area contributed by atoms with Gasteiger partial charge in [-0.25, -0.2) is 13.8 Å². The van der Waals surface area contributed by atoms with Crippen molar-refractivity contribution < 1.29 is 18.4 Å². The number of aliphatic imine (C=N–C) groups is 1. The number of alkyl halides is 2. The van der Waals surface area contributed by atoms with Gasteiger partial charge in [0.25, 0.3) is 0 Å². The largest absolute Gasteiger partial charge is 0.372 e. The van der Waals surface area contributed by atoms with Crippen molar-refractivity contribution in [1.82, 2.24) is 19.9 Å². The number of nitrogens with one attached hydrogen (secondary N) is 1. The van der Waals surface area contributed by atoms with E-state index in [9.17, 15) is 13.6 Å². The number of nitrogens with zero attached hydrogens (tertiary/aromatic N) is 4. The molecule has 38 heavy (non-hydrogen) atoms. The summed E-state index contributed by atoms with van der Waals surface area (Å²) >= 11 is 0. The van der Waals surface area contributed by atoms with Crippen molar-refractivity contribution in [1.29, 1.82) is 0 Å². The van der Waals surface area contributed by atoms with Gasteiger partial charge in [0.2, 0.25) is 18.7 Å². The molecule has 10 heteroatoms. The SMILES string of the molecule is CC(C)(C)C1=NCC(c2cncc(-n3ccc4cc(CCC(F)(F)CCNC=O)cnc43)c2)C=C1.NC=O. The lowest BCUT2D eigenvalue weighted by atomic mass is 9.86. The first-order chi connectivity index (χ1) is 18.1. The van der Waals surface area contributed by atoms with E-state index < -0.39 is 5.92 Å². The molecule has 3 aromatic heterocycles. The normalized spacial score (nSPS) is 15.4. The number of hydrogen-bond donors (Lipinski definition) is 2. The third kappa shape index (κ3) is 7.53. The van der Waals surface area contributed by atoms with Gasteiger partial charge in [-0.05, 0) is 41.8 Å². The van der Waals surface area contributed by atoms with Crippen molar-refractivity contribution in [2.75, 3.05) is 13.1 Å². The highest BCUT2D eigenvalue weighted by atomic mass is 19.3. The van der Waals surface area contributed by atoms with Crippen LogP contribution in [0.4, 0.5) is 8.78 Å². The maximum atomic E-state index is 14.0. The van der Waals surface area contributed by atoms with E-state index in [1.54, 1.807) is 12.4 Å². The summed E-state index contributed by atoms with van der Waals surface area (Å²) in [6.07, 6.45) is 11.8. The molecule has 202 valence electrons. The summed E-state index contributed by atoms with van der Waals surface area (Å²) < 4.78 is 30.0. The molecule has 2 amide bonds. The second-order valence-electron chi connectivity index (χ2n) is 10.2. The summed E-state index contributed by atoms with van der Waals surface area (Å²) in [6.45, 7) is 7.14. The summed E-state index contributed by atoms with van der Waals surface area (Å²) in [5.74, 6) is -2.67. The Kier molecular flexibility index (Phi) is 9.44. The highest BCUT2D eigenvalue weighted by Gasteiger charge is 2.28. The zero-order valence-corrected chi connectivity index (χ0v) is 21.9. The molecule has 3 N–H and O–H groups in total. The van der Waals surface area contributed by atoms with Gasteiger partial charge in [0.05, 0.1) is 11.9 Å². The zero-order valence-electron chi connectivity index (χ0n) is 21.9. The quantitative estimate of drug-likeness (QED) is 0.320. The Bertz CT molecular complexity index is 1310. The Labute approximate surface area is 221 Å². The Hall–Kier alpha value is -3.95. The highest BCUT2D eigenvalue weighted by Crippen LogP contribution is 2.29. The number of halogens is 2. The number of carbonyl (C=O) groups is 2. The molecule has 0 spiro atoms. The summed E-state index contributed by atoms with van der Waals surface area (Å²) in [4.78, 5) is 32.6. The average Bonchev–Trinajstić information content (AvgIpc) is 3.31. The Morgan fingerprint density at radius 2 is 1.92 bits per heavy atom. The lowest BCUT2D eigenvalue weighted by Gasteiger charge is -2.24. The van der Waals surface area contributed by atoms with Crippen LogP contribution in [0.3, 0.4) is 0 Å². The van der Waals surface area contributed by atoms with Crippen LogP contribution in [0.5, 0.6) is 0 Å². The number of fused-ring (bicyclic) bond motifs is 1. The predicted molar refractivity (Wildman–Crippen MR) is 145 cm³/mol. The van der Waals surface area contributed by atoms with E-state index in [0.717, 1.165) is 33.6 Å². The van der Waals surface area contributed by atoms with Crippen LogP contribution >= 0.6 is 0 Å². The van der Waals surface area contributed by atoms with Crippen LogP contribution in [0.1, 0.15) is 50.7 Å². The molecule has 1 aliphatic heterocycles. The minimum Gasteiger partial charge on any atom is -0.372 e. The van der Waals surface area contributed by atoms with Gasteiger partial charge in [-0.15, -0.1) is 0 Å². The van der Waals surface area contributed by atoms with E-state index in [2.05, 4.69) is 60.0 Å². The van der Waals surface area contributed by atoms with Gasteiger partial charge in [0.1, 0.15) is 5.65 Å². The van der Waals surface area contributed by atoms with Gasteiger partial charge >= 0.3 is 0 Å². The van der Waals surface area contributed by atoms with Crippen molar-refractivity contribution in [3.05, 3.63) is 66.3 Å². The lowest BCUT2D eigenvalue weighted by molar-refractivity contribution is -0.110. The highest BCUT2D eigenvalue weighted by molar-refractivity contribution is 5.99. The number of primary amides is 1. The molecule has 4 heterocycles. The Morgan fingerprint density at radius 3 is 2.58 bits per heavy atom. The number of nitrogens with two attached hydrogens (primary N) is 1. The molecule has 8 nitrogen and oxygen atoms in total. The molecule has 1 aliphatic rings. The smallest absolute Gasteiger partial charge is 0.250 e. The van der Waals surface area contributed by atoms with Crippen molar-refractivity contribution in [3.8, 4) is 5.69 Å². The standard InChI is InChI=1S/C27H31F2N5O.CH3NO/c1-26(2,3)24-5-4-21(16-32-24)22-13-23(17-31-15-22)34-11-7-20-12-19(14-33-25(20)34)6-8-27(28,29)9-10-30-18-35;2-1-3/h4-5,7,11-15,17-18,21H,6,8-10,16H2,1-3H3,(H,30,35);1H,(H2,2,3). The molecule has 0 bridgehead atoms. The van der Waals surface area contributed by atoms with Crippen LogP contribution in [0.2, 0.25) is 0 Å². The van der Waals surface area contributed by atoms with Gasteiger partial charge in [-0.2, -0.15) is 0 Å². The van der Waals surface area contributed by atoms with Crippen LogP contribution in [0.25, 0.3) is 16.7 Å². The molecule has 1 unspecified atom stereocenters. The molecule has 0 aromatic carbocycles. The molecule has 0 fully saturated rings. The number of aryl methyl sites for hydroxylation is 1. The van der Waals surface area contributed by atoms with Crippen molar-refractivity contribution >= 4 is 29.6 Å². The number of aromatic nitrogens is 3. The topological polar surface area (TPSA) is 115 Å². The number of amides is 2. The van der Waals surface area contributed by atoms with Gasteiger partial charge in [-0.3, -0.25) is 24.1 Å². The summed E-state index contributed by atoms with van der Waals surface area (Å²) in [7, 11) is 0. The molecule has 0 aliphatic carbocycles. The minimum absolute atomic E-state index is 0.0274. The van der Waals surface area contributed by atoms with Gasteiger partial charge in [-0.1, -0.05) is 26.8 Å². The first kappa shape index (κ1) is 28.6. The fourth-order valence-electron chi connectivity index (χ4n) is 4.18. The molecule has 3 aromatic rings. The second kappa shape index (κ2) is 12.5. The van der Waals surface area contributed by atoms with E-state index in [1.807, 2.05) is 29.1 Å². The van der Waals surface area contributed by atoms with Crippen LogP contribution < -0.4 is 11.1 Å². The van der Waals surface area contributed by atoms with Crippen LogP contribution in [-0.4, -0.2) is 52.1 Å². The zero-order chi connectivity index (χ0) is 27.8.